The molecular formula is C23H21NO3S. The zero-order valence-corrected chi connectivity index (χ0v) is 16.4. The number of amides is 1. The Morgan fingerprint density at radius 3 is 2.39 bits per heavy atom. The summed E-state index contributed by atoms with van der Waals surface area (Å²) in [7, 11) is 1.60. The van der Waals surface area contributed by atoms with E-state index < -0.39 is 0 Å². The van der Waals surface area contributed by atoms with Crippen molar-refractivity contribution in [3.05, 3.63) is 90.0 Å². The Balaban J connectivity index is 1.55. The van der Waals surface area contributed by atoms with E-state index in [0.29, 0.717) is 17.7 Å². The molecule has 0 aromatic heterocycles. The minimum absolute atomic E-state index is 0.0474. The van der Waals surface area contributed by atoms with Gasteiger partial charge in [-0.25, -0.2) is 0 Å². The molecule has 0 radical (unpaired) electrons. The van der Waals surface area contributed by atoms with Crippen LogP contribution in [0.3, 0.4) is 0 Å². The number of thioether (sulfide) groups is 1. The van der Waals surface area contributed by atoms with Gasteiger partial charge >= 0.3 is 0 Å². The highest BCUT2D eigenvalue weighted by Crippen LogP contribution is 2.23. The molecule has 0 atom stereocenters. The molecule has 3 aromatic rings. The van der Waals surface area contributed by atoms with E-state index in [1.807, 2.05) is 54.6 Å². The van der Waals surface area contributed by atoms with Crippen LogP contribution in [-0.2, 0) is 11.2 Å². The predicted molar refractivity (Wildman–Crippen MR) is 113 cm³/mol. The Labute approximate surface area is 168 Å². The van der Waals surface area contributed by atoms with Gasteiger partial charge in [0.25, 0.3) is 0 Å². The third-order valence-electron chi connectivity index (χ3n) is 4.11. The summed E-state index contributed by atoms with van der Waals surface area (Å²) in [6.45, 7) is 0. The predicted octanol–water partition coefficient (Wildman–Crippen LogP) is 4.85. The highest BCUT2D eigenvalue weighted by molar-refractivity contribution is 8.00. The van der Waals surface area contributed by atoms with E-state index >= 15 is 0 Å². The van der Waals surface area contributed by atoms with E-state index in [-0.39, 0.29) is 11.7 Å². The van der Waals surface area contributed by atoms with Gasteiger partial charge in [0.2, 0.25) is 5.91 Å². The molecule has 3 rings (SSSR count). The van der Waals surface area contributed by atoms with Crippen LogP contribution in [0.1, 0.15) is 15.9 Å². The number of ketones is 1. The number of benzene rings is 3. The Morgan fingerprint density at radius 1 is 0.929 bits per heavy atom. The maximum atomic E-state index is 12.4. The molecule has 0 aliphatic rings. The van der Waals surface area contributed by atoms with Gasteiger partial charge in [0.05, 0.1) is 19.3 Å². The Hall–Kier alpha value is -3.05. The van der Waals surface area contributed by atoms with E-state index in [1.165, 1.54) is 11.8 Å². The van der Waals surface area contributed by atoms with E-state index in [2.05, 4.69) is 5.32 Å². The van der Waals surface area contributed by atoms with Crippen molar-refractivity contribution in [2.45, 2.75) is 11.3 Å². The van der Waals surface area contributed by atoms with Crippen LogP contribution in [0.5, 0.6) is 5.75 Å². The zero-order chi connectivity index (χ0) is 19.8. The van der Waals surface area contributed by atoms with E-state index in [0.717, 1.165) is 21.9 Å². The molecule has 0 spiro atoms. The number of carbonyl (C=O) groups is 2. The average molecular weight is 391 g/mol. The van der Waals surface area contributed by atoms with Crippen molar-refractivity contribution < 1.29 is 14.3 Å². The quantitative estimate of drug-likeness (QED) is 0.440. The molecule has 3 aromatic carbocycles. The van der Waals surface area contributed by atoms with Crippen LogP contribution < -0.4 is 10.1 Å². The molecule has 0 saturated heterocycles. The summed E-state index contributed by atoms with van der Waals surface area (Å²) in [4.78, 5) is 25.5. The molecule has 5 heteroatoms. The van der Waals surface area contributed by atoms with Crippen LogP contribution >= 0.6 is 11.8 Å². The van der Waals surface area contributed by atoms with Crippen LogP contribution in [-0.4, -0.2) is 24.6 Å². The van der Waals surface area contributed by atoms with Gasteiger partial charge in [-0.15, -0.1) is 11.8 Å². The first-order valence-electron chi connectivity index (χ1n) is 8.88. The lowest BCUT2D eigenvalue weighted by Gasteiger charge is -2.08. The molecule has 0 aliphatic heterocycles. The molecule has 0 bridgehead atoms. The molecule has 1 N–H and O–H groups in total. The second-order valence-electron chi connectivity index (χ2n) is 6.18. The van der Waals surface area contributed by atoms with Gasteiger partial charge in [-0.1, -0.05) is 36.4 Å². The number of methoxy groups -OCH3 is 1. The van der Waals surface area contributed by atoms with E-state index in [4.69, 9.17) is 4.74 Å². The zero-order valence-electron chi connectivity index (χ0n) is 15.6. The molecule has 0 saturated carbocycles. The van der Waals surface area contributed by atoms with Crippen LogP contribution in [0.4, 0.5) is 5.69 Å². The maximum absolute atomic E-state index is 12.4. The monoisotopic (exact) mass is 391 g/mol. The lowest BCUT2D eigenvalue weighted by Crippen LogP contribution is -2.14. The van der Waals surface area contributed by atoms with Crippen molar-refractivity contribution in [1.82, 2.24) is 0 Å². The second-order valence-corrected chi connectivity index (χ2v) is 7.23. The fourth-order valence-electron chi connectivity index (χ4n) is 2.66. The summed E-state index contributed by atoms with van der Waals surface area (Å²) in [6, 6.07) is 24.2. The lowest BCUT2D eigenvalue weighted by atomic mass is 10.1. The normalized spacial score (nSPS) is 10.3. The topological polar surface area (TPSA) is 55.4 Å². The van der Waals surface area contributed by atoms with Crippen molar-refractivity contribution in [3.8, 4) is 5.75 Å². The Bertz CT molecular complexity index is 940. The molecule has 142 valence electrons. The van der Waals surface area contributed by atoms with Crippen LogP contribution in [0.25, 0.3) is 0 Å². The van der Waals surface area contributed by atoms with Gasteiger partial charge < -0.3 is 10.1 Å². The SMILES string of the molecule is COc1ccc(C(=O)CSc2cccc(NC(=O)Cc3ccccc3)c2)cc1. The van der Waals surface area contributed by atoms with Crippen molar-refractivity contribution >= 4 is 29.1 Å². The highest BCUT2D eigenvalue weighted by atomic mass is 32.2. The first kappa shape index (κ1) is 19.7. The van der Waals surface area contributed by atoms with Crippen molar-refractivity contribution in [2.75, 3.05) is 18.2 Å². The van der Waals surface area contributed by atoms with E-state index in [9.17, 15) is 9.59 Å². The summed E-state index contributed by atoms with van der Waals surface area (Å²) in [5.41, 5.74) is 2.35. The number of carbonyl (C=O) groups excluding carboxylic acids is 2. The molecular weight excluding hydrogens is 370 g/mol. The molecule has 0 unspecified atom stereocenters. The van der Waals surface area contributed by atoms with Crippen molar-refractivity contribution in [1.29, 1.82) is 0 Å². The minimum Gasteiger partial charge on any atom is -0.497 e. The second kappa shape index (κ2) is 9.76. The average Bonchev–Trinajstić information content (AvgIpc) is 2.73. The number of rotatable bonds is 8. The number of Topliss-reactive ketones (excluding diaryl/α,β-unsaturated/α-hetero) is 1. The molecule has 0 heterocycles. The van der Waals surface area contributed by atoms with Gasteiger partial charge in [0.15, 0.2) is 5.78 Å². The Morgan fingerprint density at radius 2 is 1.68 bits per heavy atom. The van der Waals surface area contributed by atoms with Crippen LogP contribution in [0, 0.1) is 0 Å². The number of hydrogen-bond acceptors (Lipinski definition) is 4. The van der Waals surface area contributed by atoms with Crippen molar-refractivity contribution in [2.24, 2.45) is 0 Å². The van der Waals surface area contributed by atoms with E-state index in [1.54, 1.807) is 31.4 Å². The highest BCUT2D eigenvalue weighted by Gasteiger charge is 2.08. The van der Waals surface area contributed by atoms with Crippen LogP contribution in [0.2, 0.25) is 0 Å². The molecule has 0 fully saturated rings. The van der Waals surface area contributed by atoms with Gasteiger partial charge in [-0.3, -0.25) is 9.59 Å². The molecule has 28 heavy (non-hydrogen) atoms. The fourth-order valence-corrected chi connectivity index (χ4v) is 3.51. The van der Waals surface area contributed by atoms with Crippen LogP contribution in [0.15, 0.2) is 83.8 Å². The van der Waals surface area contributed by atoms with Crippen molar-refractivity contribution in [3.63, 3.8) is 0 Å². The third kappa shape index (κ3) is 5.72. The molecule has 4 nitrogen and oxygen atoms in total. The summed E-state index contributed by atoms with van der Waals surface area (Å²) in [5.74, 6) is 1.03. The first-order chi connectivity index (χ1) is 13.6. The largest absolute Gasteiger partial charge is 0.497 e. The summed E-state index contributed by atoms with van der Waals surface area (Å²) >= 11 is 1.45. The number of nitrogens with one attached hydrogen (secondary N) is 1. The standard InChI is InChI=1S/C23H21NO3S/c1-27-20-12-10-18(11-13-20)22(25)16-28-21-9-5-8-19(15-21)24-23(26)14-17-6-3-2-4-7-17/h2-13,15H,14,16H2,1H3,(H,24,26). The molecule has 0 aliphatic carbocycles. The Kier molecular flexibility index (Phi) is 6.87. The van der Waals surface area contributed by atoms with Gasteiger partial charge in [-0.2, -0.15) is 0 Å². The first-order valence-corrected chi connectivity index (χ1v) is 9.86. The van der Waals surface area contributed by atoms with Gasteiger partial charge in [0.1, 0.15) is 5.75 Å². The fraction of sp³-hybridized carbons (Fsp3) is 0.130. The minimum atomic E-state index is -0.0670. The maximum Gasteiger partial charge on any atom is 0.228 e. The summed E-state index contributed by atoms with van der Waals surface area (Å²) in [6.07, 6.45) is 0.328. The summed E-state index contributed by atoms with van der Waals surface area (Å²) < 4.78 is 5.11. The third-order valence-corrected chi connectivity index (χ3v) is 5.10. The lowest BCUT2D eigenvalue weighted by molar-refractivity contribution is -0.115. The molecule has 1 amide bonds. The number of hydrogen-bond donors (Lipinski definition) is 1. The van der Waals surface area contributed by atoms with Gasteiger partial charge in [-0.05, 0) is 48.0 Å². The number of ether oxygens (including phenoxy) is 1. The summed E-state index contributed by atoms with van der Waals surface area (Å²) in [5, 5.41) is 2.91. The smallest absolute Gasteiger partial charge is 0.228 e. The van der Waals surface area contributed by atoms with Gasteiger partial charge in [0, 0.05) is 16.1 Å². The number of anilines is 1.